The van der Waals surface area contributed by atoms with E-state index in [0.717, 1.165) is 17.5 Å². The first-order valence-corrected chi connectivity index (χ1v) is 5.91. The van der Waals surface area contributed by atoms with Crippen molar-refractivity contribution in [2.24, 2.45) is 0 Å². The number of rotatable bonds is 2. The molecule has 2 aromatic carbocycles. The van der Waals surface area contributed by atoms with E-state index in [0.29, 0.717) is 5.75 Å². The zero-order valence-corrected chi connectivity index (χ0v) is 10.6. The molecular weight excluding hydrogens is 208 g/mol. The smallest absolute Gasteiger partial charge is 0.121 e. The molecule has 0 unspecified atom stereocenters. The molecule has 0 radical (unpaired) electrons. The summed E-state index contributed by atoms with van der Waals surface area (Å²) in [6, 6.07) is 12.7. The second-order valence-corrected chi connectivity index (χ2v) is 4.74. The topological polar surface area (TPSA) is 20.2 Å². The van der Waals surface area contributed by atoms with Gasteiger partial charge in [0.1, 0.15) is 5.75 Å². The third-order valence-corrected chi connectivity index (χ3v) is 3.04. The summed E-state index contributed by atoms with van der Waals surface area (Å²) >= 11 is 0. The van der Waals surface area contributed by atoms with Crippen LogP contribution in [-0.4, -0.2) is 5.11 Å². The first-order valence-electron chi connectivity index (χ1n) is 5.91. The van der Waals surface area contributed by atoms with Gasteiger partial charge in [-0.3, -0.25) is 0 Å². The van der Waals surface area contributed by atoms with Crippen LogP contribution in [0.5, 0.6) is 5.75 Å². The van der Waals surface area contributed by atoms with Gasteiger partial charge in [-0.1, -0.05) is 42.0 Å². The van der Waals surface area contributed by atoms with Crippen LogP contribution >= 0.6 is 0 Å². The van der Waals surface area contributed by atoms with Gasteiger partial charge in [0.15, 0.2) is 0 Å². The molecule has 0 aliphatic heterocycles. The van der Waals surface area contributed by atoms with E-state index in [1.807, 2.05) is 13.8 Å². The van der Waals surface area contributed by atoms with Crippen molar-refractivity contribution in [2.75, 3.05) is 0 Å². The summed E-state index contributed by atoms with van der Waals surface area (Å²) in [4.78, 5) is 0. The Morgan fingerprint density at radius 2 is 1.53 bits per heavy atom. The molecule has 0 aromatic heterocycles. The second-order valence-electron chi connectivity index (χ2n) is 4.74. The fraction of sp³-hybridized carbons (Fsp3) is 0.250. The maximum absolute atomic E-state index is 9.74. The molecule has 2 aromatic rings. The maximum atomic E-state index is 9.74. The van der Waals surface area contributed by atoms with Crippen LogP contribution < -0.4 is 0 Å². The molecule has 0 aliphatic rings. The van der Waals surface area contributed by atoms with E-state index in [-0.39, 0.29) is 0 Å². The summed E-state index contributed by atoms with van der Waals surface area (Å²) in [6.07, 6.45) is 0.920. The summed E-state index contributed by atoms with van der Waals surface area (Å²) in [5, 5.41) is 9.74. The lowest BCUT2D eigenvalue weighted by molar-refractivity contribution is 0.466. The van der Waals surface area contributed by atoms with E-state index in [1.54, 1.807) is 0 Å². The molecule has 0 fully saturated rings. The highest BCUT2D eigenvalue weighted by Gasteiger charge is 2.04. The van der Waals surface area contributed by atoms with Gasteiger partial charge in [0, 0.05) is 0 Å². The van der Waals surface area contributed by atoms with Crippen LogP contribution in [0.25, 0.3) is 0 Å². The van der Waals surface area contributed by atoms with E-state index in [1.165, 1.54) is 16.7 Å². The molecule has 0 aliphatic carbocycles. The van der Waals surface area contributed by atoms with Crippen molar-refractivity contribution >= 4 is 0 Å². The number of phenols is 1. The molecule has 0 spiro atoms. The molecule has 1 heteroatoms. The van der Waals surface area contributed by atoms with Crippen LogP contribution in [0.3, 0.4) is 0 Å². The van der Waals surface area contributed by atoms with Crippen molar-refractivity contribution in [3.63, 3.8) is 0 Å². The minimum atomic E-state index is 0.415. The summed E-state index contributed by atoms with van der Waals surface area (Å²) in [5.41, 5.74) is 5.76. The minimum Gasteiger partial charge on any atom is -0.507 e. The Kier molecular flexibility index (Phi) is 3.19. The Balaban J connectivity index is 2.31. The molecule has 0 heterocycles. The van der Waals surface area contributed by atoms with E-state index in [9.17, 15) is 5.11 Å². The number of hydrogen-bond donors (Lipinski definition) is 1. The molecule has 0 atom stereocenters. The number of aromatic hydroxyl groups is 1. The van der Waals surface area contributed by atoms with Gasteiger partial charge < -0.3 is 5.11 Å². The molecule has 0 amide bonds. The average molecular weight is 226 g/mol. The van der Waals surface area contributed by atoms with Crippen molar-refractivity contribution in [1.29, 1.82) is 0 Å². The highest BCUT2D eigenvalue weighted by atomic mass is 16.3. The number of hydrogen-bond acceptors (Lipinski definition) is 1. The zero-order chi connectivity index (χ0) is 12.4. The molecule has 17 heavy (non-hydrogen) atoms. The third kappa shape index (κ3) is 2.68. The predicted octanol–water partition coefficient (Wildman–Crippen LogP) is 3.91. The molecule has 2 rings (SSSR count). The Hall–Kier alpha value is -1.76. The highest BCUT2D eigenvalue weighted by Crippen LogP contribution is 2.24. The summed E-state index contributed by atoms with van der Waals surface area (Å²) < 4.78 is 0. The normalized spacial score (nSPS) is 10.5. The third-order valence-electron chi connectivity index (χ3n) is 3.04. The summed E-state index contributed by atoms with van der Waals surface area (Å²) in [7, 11) is 0. The van der Waals surface area contributed by atoms with E-state index in [2.05, 4.69) is 43.3 Å². The number of benzene rings is 2. The maximum Gasteiger partial charge on any atom is 0.121 e. The van der Waals surface area contributed by atoms with Crippen LogP contribution in [-0.2, 0) is 6.42 Å². The van der Waals surface area contributed by atoms with Gasteiger partial charge in [-0.15, -0.1) is 0 Å². The Labute approximate surface area is 103 Å². The summed E-state index contributed by atoms with van der Waals surface area (Å²) in [5.74, 6) is 0.415. The Morgan fingerprint density at radius 1 is 0.882 bits per heavy atom. The van der Waals surface area contributed by atoms with Gasteiger partial charge in [0.25, 0.3) is 0 Å². The minimum absolute atomic E-state index is 0.415. The Bertz CT molecular complexity index is 518. The first-order chi connectivity index (χ1) is 8.06. The molecule has 0 bridgehead atoms. The SMILES string of the molecule is Cc1cccc(Cc2cc(C)c(O)c(C)c2)c1. The highest BCUT2D eigenvalue weighted by molar-refractivity contribution is 5.43. The standard InChI is InChI=1S/C16H18O/c1-11-5-4-6-14(7-11)10-15-8-12(2)16(17)13(3)9-15/h4-9,17H,10H2,1-3H3. The molecule has 1 N–H and O–H groups in total. The lowest BCUT2D eigenvalue weighted by atomic mass is 9.99. The largest absolute Gasteiger partial charge is 0.507 e. The van der Waals surface area contributed by atoms with Crippen molar-refractivity contribution in [2.45, 2.75) is 27.2 Å². The Morgan fingerprint density at radius 3 is 2.12 bits per heavy atom. The molecular formula is C16H18O. The van der Waals surface area contributed by atoms with Gasteiger partial charge in [-0.2, -0.15) is 0 Å². The van der Waals surface area contributed by atoms with Gasteiger partial charge in [-0.25, -0.2) is 0 Å². The van der Waals surface area contributed by atoms with Crippen molar-refractivity contribution < 1.29 is 5.11 Å². The molecule has 1 nitrogen and oxygen atoms in total. The van der Waals surface area contributed by atoms with Crippen LogP contribution in [0, 0.1) is 20.8 Å². The molecule has 88 valence electrons. The molecule has 0 saturated heterocycles. The van der Waals surface area contributed by atoms with Gasteiger partial charge in [-0.05, 0) is 49.4 Å². The van der Waals surface area contributed by atoms with Gasteiger partial charge >= 0.3 is 0 Å². The number of aryl methyl sites for hydroxylation is 3. The van der Waals surface area contributed by atoms with Crippen LogP contribution in [0.1, 0.15) is 27.8 Å². The average Bonchev–Trinajstić information content (AvgIpc) is 2.26. The van der Waals surface area contributed by atoms with Gasteiger partial charge in [0.2, 0.25) is 0 Å². The zero-order valence-electron chi connectivity index (χ0n) is 10.6. The van der Waals surface area contributed by atoms with E-state index < -0.39 is 0 Å². The predicted molar refractivity (Wildman–Crippen MR) is 71.6 cm³/mol. The van der Waals surface area contributed by atoms with Crippen LogP contribution in [0.15, 0.2) is 36.4 Å². The van der Waals surface area contributed by atoms with E-state index >= 15 is 0 Å². The van der Waals surface area contributed by atoms with Gasteiger partial charge in [0.05, 0.1) is 0 Å². The quantitative estimate of drug-likeness (QED) is 0.823. The monoisotopic (exact) mass is 226 g/mol. The number of phenolic OH excluding ortho intramolecular Hbond substituents is 1. The summed E-state index contributed by atoms with van der Waals surface area (Å²) in [6.45, 7) is 6.00. The van der Waals surface area contributed by atoms with E-state index in [4.69, 9.17) is 0 Å². The fourth-order valence-electron chi connectivity index (χ4n) is 2.21. The first kappa shape index (κ1) is 11.7. The van der Waals surface area contributed by atoms with Crippen molar-refractivity contribution in [1.82, 2.24) is 0 Å². The fourth-order valence-corrected chi connectivity index (χ4v) is 2.21. The lowest BCUT2D eigenvalue weighted by Gasteiger charge is -2.08. The van der Waals surface area contributed by atoms with Crippen molar-refractivity contribution in [3.8, 4) is 5.75 Å². The second kappa shape index (κ2) is 4.62. The lowest BCUT2D eigenvalue weighted by Crippen LogP contribution is -1.91. The van der Waals surface area contributed by atoms with Crippen LogP contribution in [0.4, 0.5) is 0 Å². The molecule has 0 saturated carbocycles. The van der Waals surface area contributed by atoms with Crippen molar-refractivity contribution in [3.05, 3.63) is 64.2 Å². The van der Waals surface area contributed by atoms with Crippen LogP contribution in [0.2, 0.25) is 0 Å².